The largest absolute Gasteiger partial charge is 0.347 e. The van der Waals surface area contributed by atoms with Crippen LogP contribution in [0.25, 0.3) is 0 Å². The Morgan fingerprint density at radius 2 is 2.09 bits per heavy atom. The standard InChI is InChI=1S/C5H10N2O2S2/c6-3(2-10)5(9)7-1-4(8)11/h3,10H,1-2,6H2,(H,7,9)(H,8,11)/t3-/m0/s1. The highest BCUT2D eigenvalue weighted by atomic mass is 32.1. The molecule has 0 fully saturated rings. The summed E-state index contributed by atoms with van der Waals surface area (Å²) in [7, 11) is 0. The van der Waals surface area contributed by atoms with Crippen LogP contribution in [0.2, 0.25) is 0 Å². The lowest BCUT2D eigenvalue weighted by Gasteiger charge is -2.06. The van der Waals surface area contributed by atoms with Crippen LogP contribution >= 0.6 is 25.3 Å². The van der Waals surface area contributed by atoms with Gasteiger partial charge in [-0.15, -0.1) is 12.6 Å². The van der Waals surface area contributed by atoms with E-state index in [2.05, 4.69) is 30.6 Å². The van der Waals surface area contributed by atoms with E-state index < -0.39 is 11.2 Å². The van der Waals surface area contributed by atoms with E-state index >= 15 is 0 Å². The first-order chi connectivity index (χ1) is 5.07. The van der Waals surface area contributed by atoms with Crippen LogP contribution < -0.4 is 11.1 Å². The topological polar surface area (TPSA) is 72.2 Å². The minimum absolute atomic E-state index is 0.0938. The molecule has 6 heteroatoms. The summed E-state index contributed by atoms with van der Waals surface area (Å²) in [5.74, 6) is -0.130. The van der Waals surface area contributed by atoms with Crippen LogP contribution in [0.5, 0.6) is 0 Å². The second-order valence-electron chi connectivity index (χ2n) is 1.90. The van der Waals surface area contributed by atoms with E-state index in [0.717, 1.165) is 0 Å². The molecule has 0 heterocycles. The maximum atomic E-state index is 10.8. The van der Waals surface area contributed by atoms with E-state index in [4.69, 9.17) is 5.73 Å². The van der Waals surface area contributed by atoms with Crippen molar-refractivity contribution >= 4 is 36.3 Å². The van der Waals surface area contributed by atoms with E-state index in [1.165, 1.54) is 0 Å². The van der Waals surface area contributed by atoms with Gasteiger partial charge in [-0.1, -0.05) is 0 Å². The van der Waals surface area contributed by atoms with Crippen LogP contribution in [0.3, 0.4) is 0 Å². The summed E-state index contributed by atoms with van der Waals surface area (Å²) < 4.78 is 0. The second-order valence-corrected chi connectivity index (χ2v) is 2.76. The molecule has 0 unspecified atom stereocenters. The number of carbonyl (C=O) groups is 2. The molecule has 3 N–H and O–H groups in total. The molecule has 0 rings (SSSR count). The van der Waals surface area contributed by atoms with Gasteiger partial charge in [0.2, 0.25) is 11.0 Å². The minimum atomic E-state index is -0.661. The summed E-state index contributed by atoms with van der Waals surface area (Å²) in [4.78, 5) is 21.1. The van der Waals surface area contributed by atoms with Gasteiger partial charge in [-0.25, -0.2) is 0 Å². The van der Waals surface area contributed by atoms with Crippen molar-refractivity contribution in [3.63, 3.8) is 0 Å². The first-order valence-electron chi connectivity index (χ1n) is 2.94. The Kier molecular flexibility index (Phi) is 5.35. The SMILES string of the molecule is N[C@@H](CS)C(=O)NCC(=O)S. The Hall–Kier alpha value is -0.200. The fourth-order valence-electron chi connectivity index (χ4n) is 0.377. The zero-order valence-corrected chi connectivity index (χ0v) is 7.57. The molecular formula is C5H10N2O2S2. The van der Waals surface area contributed by atoms with Crippen molar-refractivity contribution in [2.75, 3.05) is 12.3 Å². The lowest BCUT2D eigenvalue weighted by molar-refractivity contribution is -0.123. The highest BCUT2D eigenvalue weighted by molar-refractivity contribution is 7.96. The lowest BCUT2D eigenvalue weighted by atomic mass is 10.3. The van der Waals surface area contributed by atoms with Crippen LogP contribution in [0.1, 0.15) is 0 Å². The summed E-state index contributed by atoms with van der Waals surface area (Å²) in [6.45, 7) is -0.0938. The van der Waals surface area contributed by atoms with Gasteiger partial charge >= 0.3 is 0 Å². The van der Waals surface area contributed by atoms with Crippen LogP contribution in [0.4, 0.5) is 0 Å². The molecule has 0 saturated carbocycles. The summed E-state index contributed by atoms with van der Waals surface area (Å²) in [5, 5.41) is 1.90. The first-order valence-corrected chi connectivity index (χ1v) is 4.02. The number of rotatable bonds is 4. The normalized spacial score (nSPS) is 12.3. The number of nitrogens with one attached hydrogen (secondary N) is 1. The predicted octanol–water partition coefficient (Wildman–Crippen LogP) is -1.18. The molecule has 0 spiro atoms. The van der Waals surface area contributed by atoms with Crippen LogP contribution in [-0.2, 0) is 9.59 Å². The maximum absolute atomic E-state index is 10.8. The van der Waals surface area contributed by atoms with Gasteiger partial charge in [0, 0.05) is 5.75 Å². The molecule has 0 aromatic carbocycles. The molecule has 1 amide bonds. The number of hydrogen-bond donors (Lipinski definition) is 4. The third kappa shape index (κ3) is 5.11. The molecule has 64 valence electrons. The van der Waals surface area contributed by atoms with Gasteiger partial charge in [0.05, 0.1) is 12.6 Å². The zero-order valence-electron chi connectivity index (χ0n) is 5.78. The number of amides is 1. The van der Waals surface area contributed by atoms with Gasteiger partial charge in [0.1, 0.15) is 0 Å². The number of nitrogens with two attached hydrogens (primary N) is 1. The van der Waals surface area contributed by atoms with Crippen molar-refractivity contribution in [3.8, 4) is 0 Å². The van der Waals surface area contributed by atoms with Crippen LogP contribution in [0, 0.1) is 0 Å². The quantitative estimate of drug-likeness (QED) is 0.426. The van der Waals surface area contributed by atoms with Gasteiger partial charge in [-0.2, -0.15) is 12.6 Å². The average molecular weight is 194 g/mol. The van der Waals surface area contributed by atoms with Crippen LogP contribution in [0.15, 0.2) is 0 Å². The molecule has 0 aliphatic heterocycles. The second kappa shape index (κ2) is 5.45. The van der Waals surface area contributed by atoms with Crippen molar-refractivity contribution in [1.82, 2.24) is 5.32 Å². The van der Waals surface area contributed by atoms with E-state index in [0.29, 0.717) is 0 Å². The Morgan fingerprint density at radius 3 is 2.45 bits per heavy atom. The van der Waals surface area contributed by atoms with Gasteiger partial charge in [0.15, 0.2) is 0 Å². The Bertz CT molecular complexity index is 163. The summed E-state index contributed by atoms with van der Waals surface area (Å²) in [6.07, 6.45) is 0. The first kappa shape index (κ1) is 10.8. The smallest absolute Gasteiger partial charge is 0.238 e. The van der Waals surface area contributed by atoms with Gasteiger partial charge < -0.3 is 11.1 Å². The summed E-state index contributed by atoms with van der Waals surface area (Å²) in [6, 6.07) is -0.661. The number of carbonyl (C=O) groups excluding carboxylic acids is 2. The zero-order chi connectivity index (χ0) is 8.85. The van der Waals surface area contributed by atoms with Crippen molar-refractivity contribution in [2.24, 2.45) is 5.73 Å². The maximum Gasteiger partial charge on any atom is 0.238 e. The van der Waals surface area contributed by atoms with Crippen molar-refractivity contribution < 1.29 is 9.59 Å². The minimum Gasteiger partial charge on any atom is -0.347 e. The Morgan fingerprint density at radius 1 is 1.55 bits per heavy atom. The fourth-order valence-corrected chi connectivity index (χ4v) is 0.622. The van der Waals surface area contributed by atoms with Crippen molar-refractivity contribution in [2.45, 2.75) is 6.04 Å². The third-order valence-corrected chi connectivity index (χ3v) is 1.50. The molecule has 0 aliphatic carbocycles. The number of hydrogen-bond acceptors (Lipinski definition) is 4. The highest BCUT2D eigenvalue weighted by Crippen LogP contribution is 1.83. The molecule has 0 saturated heterocycles. The molecule has 0 bridgehead atoms. The molecular weight excluding hydrogens is 184 g/mol. The van der Waals surface area contributed by atoms with E-state index in [-0.39, 0.29) is 18.2 Å². The predicted molar refractivity (Wildman–Crippen MR) is 48.8 cm³/mol. The van der Waals surface area contributed by atoms with E-state index in [1.54, 1.807) is 0 Å². The van der Waals surface area contributed by atoms with E-state index in [1.807, 2.05) is 0 Å². The summed E-state index contributed by atoms with van der Waals surface area (Å²) >= 11 is 7.27. The molecule has 4 nitrogen and oxygen atoms in total. The van der Waals surface area contributed by atoms with Gasteiger partial charge in [-0.3, -0.25) is 9.59 Å². The molecule has 0 aliphatic rings. The molecule has 0 aromatic heterocycles. The Labute approximate surface area is 75.7 Å². The molecule has 11 heavy (non-hydrogen) atoms. The van der Waals surface area contributed by atoms with Gasteiger partial charge in [-0.05, 0) is 0 Å². The van der Waals surface area contributed by atoms with Gasteiger partial charge in [0.25, 0.3) is 0 Å². The average Bonchev–Trinajstić information content (AvgIpc) is 1.98. The Balaban J connectivity index is 3.60. The fraction of sp³-hybridized carbons (Fsp3) is 0.600. The highest BCUT2D eigenvalue weighted by Gasteiger charge is 2.10. The molecule has 0 radical (unpaired) electrons. The monoisotopic (exact) mass is 194 g/mol. The van der Waals surface area contributed by atoms with Crippen molar-refractivity contribution in [1.29, 1.82) is 0 Å². The van der Waals surface area contributed by atoms with Crippen molar-refractivity contribution in [3.05, 3.63) is 0 Å². The lowest BCUT2D eigenvalue weighted by Crippen LogP contribution is -2.43. The third-order valence-electron chi connectivity index (χ3n) is 0.947. The molecule has 0 aromatic rings. The van der Waals surface area contributed by atoms with E-state index in [9.17, 15) is 9.59 Å². The summed E-state index contributed by atoms with van der Waals surface area (Å²) in [5.41, 5.74) is 5.28. The van der Waals surface area contributed by atoms with Crippen LogP contribution in [-0.4, -0.2) is 29.4 Å². The molecule has 1 atom stereocenters. The number of thiol groups is 2.